The van der Waals surface area contributed by atoms with Gasteiger partial charge < -0.3 is 5.32 Å². The second-order valence-electron chi connectivity index (χ2n) is 4.86. The summed E-state index contributed by atoms with van der Waals surface area (Å²) in [7, 11) is 0. The first kappa shape index (κ1) is 15.6. The summed E-state index contributed by atoms with van der Waals surface area (Å²) >= 11 is 9.80. The van der Waals surface area contributed by atoms with E-state index in [1.165, 1.54) is 11.1 Å². The zero-order valence-corrected chi connectivity index (χ0v) is 13.9. The van der Waals surface area contributed by atoms with E-state index in [1.54, 1.807) is 0 Å². The molecule has 0 spiro atoms. The zero-order valence-electron chi connectivity index (χ0n) is 11.6. The van der Waals surface area contributed by atoms with E-state index in [9.17, 15) is 0 Å². The number of likely N-dealkylation sites (N-methyl/N-ethyl adjacent to an activating group) is 1. The molecular weight excluding hydrogens is 334 g/mol. The van der Waals surface area contributed by atoms with E-state index in [4.69, 9.17) is 11.6 Å². The molecule has 1 N–H and O–H groups in total. The van der Waals surface area contributed by atoms with Crippen LogP contribution in [0.1, 0.15) is 24.0 Å². The summed E-state index contributed by atoms with van der Waals surface area (Å²) in [6.07, 6.45) is 0.948. The van der Waals surface area contributed by atoms with Gasteiger partial charge in [-0.15, -0.1) is 0 Å². The van der Waals surface area contributed by atoms with E-state index < -0.39 is 0 Å². The summed E-state index contributed by atoms with van der Waals surface area (Å²) in [5.74, 6) is 0.440. The second-order valence-corrected chi connectivity index (χ2v) is 6.18. The van der Waals surface area contributed by atoms with Crippen LogP contribution in [0.5, 0.6) is 0 Å². The van der Waals surface area contributed by atoms with E-state index in [1.807, 2.05) is 6.07 Å². The summed E-state index contributed by atoms with van der Waals surface area (Å²) in [4.78, 5) is 0. The number of rotatable bonds is 6. The Morgan fingerprint density at radius 3 is 2.55 bits per heavy atom. The molecule has 2 aromatic carbocycles. The first-order valence-electron chi connectivity index (χ1n) is 6.90. The Kier molecular flexibility index (Phi) is 6.08. The van der Waals surface area contributed by atoms with Crippen molar-refractivity contribution >= 4 is 27.5 Å². The number of halogens is 2. The SMILES string of the molecule is CCNCC(Cc1ccc(Br)cc1Cl)c1ccccc1. The van der Waals surface area contributed by atoms with Gasteiger partial charge in [-0.05, 0) is 36.2 Å². The molecule has 2 aromatic rings. The molecule has 0 saturated carbocycles. The lowest BCUT2D eigenvalue weighted by Gasteiger charge is -2.19. The third-order valence-electron chi connectivity index (χ3n) is 3.39. The maximum atomic E-state index is 6.34. The predicted molar refractivity (Wildman–Crippen MR) is 90.6 cm³/mol. The highest BCUT2D eigenvalue weighted by Crippen LogP contribution is 2.27. The predicted octanol–water partition coefficient (Wildman–Crippen LogP) is 5.04. The molecule has 0 saturated heterocycles. The average molecular weight is 353 g/mol. The van der Waals surface area contributed by atoms with Crippen LogP contribution in [0, 0.1) is 0 Å². The van der Waals surface area contributed by atoms with Crippen LogP contribution in [0.2, 0.25) is 5.02 Å². The lowest BCUT2D eigenvalue weighted by Crippen LogP contribution is -2.22. The van der Waals surface area contributed by atoms with Crippen molar-refractivity contribution in [1.29, 1.82) is 0 Å². The highest BCUT2D eigenvalue weighted by Gasteiger charge is 2.13. The fourth-order valence-corrected chi connectivity index (χ4v) is 3.05. The summed E-state index contributed by atoms with van der Waals surface area (Å²) < 4.78 is 1.02. The van der Waals surface area contributed by atoms with Gasteiger partial charge >= 0.3 is 0 Å². The van der Waals surface area contributed by atoms with Gasteiger partial charge in [-0.2, -0.15) is 0 Å². The monoisotopic (exact) mass is 351 g/mol. The van der Waals surface area contributed by atoms with Gasteiger partial charge in [0.1, 0.15) is 0 Å². The average Bonchev–Trinajstić information content (AvgIpc) is 2.46. The van der Waals surface area contributed by atoms with Crippen molar-refractivity contribution in [2.45, 2.75) is 19.3 Å². The Balaban J connectivity index is 2.19. The van der Waals surface area contributed by atoms with E-state index in [0.717, 1.165) is 29.0 Å². The van der Waals surface area contributed by atoms with Crippen LogP contribution in [0.15, 0.2) is 53.0 Å². The van der Waals surface area contributed by atoms with Gasteiger partial charge in [-0.3, -0.25) is 0 Å². The van der Waals surface area contributed by atoms with E-state index in [2.05, 4.69) is 70.6 Å². The minimum absolute atomic E-state index is 0.440. The molecule has 3 heteroatoms. The molecule has 0 bridgehead atoms. The summed E-state index contributed by atoms with van der Waals surface area (Å²) in [5.41, 5.74) is 2.55. The normalized spacial score (nSPS) is 12.3. The van der Waals surface area contributed by atoms with Crippen molar-refractivity contribution in [2.24, 2.45) is 0 Å². The van der Waals surface area contributed by atoms with Gasteiger partial charge in [0.15, 0.2) is 0 Å². The van der Waals surface area contributed by atoms with Gasteiger partial charge in [0.05, 0.1) is 0 Å². The van der Waals surface area contributed by atoms with Crippen molar-refractivity contribution in [2.75, 3.05) is 13.1 Å². The minimum atomic E-state index is 0.440. The Labute approximate surface area is 134 Å². The molecule has 1 nitrogen and oxygen atoms in total. The van der Waals surface area contributed by atoms with Gasteiger partial charge in [0.25, 0.3) is 0 Å². The van der Waals surface area contributed by atoms with E-state index in [0.29, 0.717) is 5.92 Å². The largest absolute Gasteiger partial charge is 0.316 e. The number of hydrogen-bond donors (Lipinski definition) is 1. The quantitative estimate of drug-likeness (QED) is 0.768. The molecule has 20 heavy (non-hydrogen) atoms. The molecule has 1 atom stereocenters. The third-order valence-corrected chi connectivity index (χ3v) is 4.24. The number of nitrogens with one attached hydrogen (secondary N) is 1. The van der Waals surface area contributed by atoms with E-state index in [-0.39, 0.29) is 0 Å². The molecular formula is C17H19BrClN. The number of benzene rings is 2. The van der Waals surface area contributed by atoms with Crippen LogP contribution >= 0.6 is 27.5 Å². The first-order valence-corrected chi connectivity index (χ1v) is 8.07. The molecule has 106 valence electrons. The fraction of sp³-hybridized carbons (Fsp3) is 0.294. The summed E-state index contributed by atoms with van der Waals surface area (Å²) in [6.45, 7) is 4.08. The van der Waals surface area contributed by atoms with Crippen LogP contribution in [-0.2, 0) is 6.42 Å². The van der Waals surface area contributed by atoms with Gasteiger partial charge in [0, 0.05) is 22.0 Å². The third kappa shape index (κ3) is 4.34. The summed E-state index contributed by atoms with van der Waals surface area (Å²) in [5, 5.41) is 4.28. The molecule has 0 fully saturated rings. The standard InChI is InChI=1S/C17H19BrClN/c1-2-20-12-15(13-6-4-3-5-7-13)10-14-8-9-16(18)11-17(14)19/h3-9,11,15,20H,2,10,12H2,1H3. The topological polar surface area (TPSA) is 12.0 Å². The van der Waals surface area contributed by atoms with Crippen molar-refractivity contribution in [1.82, 2.24) is 5.32 Å². The second kappa shape index (κ2) is 7.82. The van der Waals surface area contributed by atoms with Crippen LogP contribution in [0.4, 0.5) is 0 Å². The Hall–Kier alpha value is -0.830. The van der Waals surface area contributed by atoms with E-state index >= 15 is 0 Å². The Morgan fingerprint density at radius 1 is 1.15 bits per heavy atom. The van der Waals surface area contributed by atoms with Gasteiger partial charge in [-0.1, -0.05) is 70.9 Å². The lowest BCUT2D eigenvalue weighted by atomic mass is 9.92. The molecule has 0 aromatic heterocycles. The highest BCUT2D eigenvalue weighted by molar-refractivity contribution is 9.10. The van der Waals surface area contributed by atoms with Crippen LogP contribution in [0.3, 0.4) is 0 Å². The van der Waals surface area contributed by atoms with Crippen molar-refractivity contribution in [3.63, 3.8) is 0 Å². The smallest absolute Gasteiger partial charge is 0.0449 e. The molecule has 2 rings (SSSR count). The fourth-order valence-electron chi connectivity index (χ4n) is 2.30. The van der Waals surface area contributed by atoms with Gasteiger partial charge in [-0.25, -0.2) is 0 Å². The van der Waals surface area contributed by atoms with Crippen molar-refractivity contribution < 1.29 is 0 Å². The molecule has 0 heterocycles. The molecule has 0 aliphatic rings. The minimum Gasteiger partial charge on any atom is -0.316 e. The Bertz CT molecular complexity index is 542. The van der Waals surface area contributed by atoms with Gasteiger partial charge in [0.2, 0.25) is 0 Å². The lowest BCUT2D eigenvalue weighted by molar-refractivity contribution is 0.595. The maximum Gasteiger partial charge on any atom is 0.0449 e. The highest BCUT2D eigenvalue weighted by atomic mass is 79.9. The Morgan fingerprint density at radius 2 is 1.90 bits per heavy atom. The maximum absolute atomic E-state index is 6.34. The summed E-state index contributed by atoms with van der Waals surface area (Å²) in [6, 6.07) is 16.7. The molecule has 0 aliphatic carbocycles. The molecule has 0 radical (unpaired) electrons. The van der Waals surface area contributed by atoms with Crippen molar-refractivity contribution in [3.8, 4) is 0 Å². The zero-order chi connectivity index (χ0) is 14.4. The van der Waals surface area contributed by atoms with Crippen LogP contribution in [0.25, 0.3) is 0 Å². The molecule has 0 aliphatic heterocycles. The first-order chi connectivity index (χ1) is 9.70. The van der Waals surface area contributed by atoms with Crippen molar-refractivity contribution in [3.05, 3.63) is 69.2 Å². The molecule has 0 amide bonds. The molecule has 1 unspecified atom stereocenters. The number of hydrogen-bond acceptors (Lipinski definition) is 1. The van der Waals surface area contributed by atoms with Crippen LogP contribution < -0.4 is 5.32 Å². The van der Waals surface area contributed by atoms with Crippen LogP contribution in [-0.4, -0.2) is 13.1 Å².